The van der Waals surface area contributed by atoms with Crippen LogP contribution < -0.4 is 4.74 Å². The van der Waals surface area contributed by atoms with Crippen LogP contribution in [-0.4, -0.2) is 28.7 Å². The highest BCUT2D eigenvalue weighted by Gasteiger charge is 2.11. The second kappa shape index (κ2) is 6.20. The number of aromatic nitrogens is 1. The molecule has 0 unspecified atom stereocenters. The summed E-state index contributed by atoms with van der Waals surface area (Å²) in [6.45, 7) is 0.0619. The molecule has 0 saturated carbocycles. The topological polar surface area (TPSA) is 51.5 Å². The van der Waals surface area contributed by atoms with Crippen LogP contribution in [0.1, 0.15) is 16.1 Å². The lowest BCUT2D eigenvalue weighted by atomic mass is 10.1. The highest BCUT2D eigenvalue weighted by Crippen LogP contribution is 2.18. The van der Waals surface area contributed by atoms with Crippen molar-refractivity contribution in [1.29, 1.82) is 0 Å². The van der Waals surface area contributed by atoms with Crippen LogP contribution in [0.4, 0.5) is 0 Å². The first-order valence-electron chi connectivity index (χ1n) is 6.18. The van der Waals surface area contributed by atoms with Crippen molar-refractivity contribution >= 4 is 5.78 Å². The van der Waals surface area contributed by atoms with Crippen molar-refractivity contribution in [3.05, 3.63) is 53.9 Å². The van der Waals surface area contributed by atoms with Crippen molar-refractivity contribution < 1.29 is 14.6 Å². The third-order valence-electron chi connectivity index (χ3n) is 2.94. The molecule has 0 aliphatic carbocycles. The molecule has 4 nitrogen and oxygen atoms in total. The first-order valence-corrected chi connectivity index (χ1v) is 6.18. The highest BCUT2D eigenvalue weighted by molar-refractivity contribution is 5.95. The molecule has 0 fully saturated rings. The largest absolute Gasteiger partial charge is 0.485 e. The fourth-order valence-corrected chi connectivity index (χ4v) is 1.94. The van der Waals surface area contributed by atoms with Gasteiger partial charge in [0.25, 0.3) is 0 Å². The maximum Gasteiger partial charge on any atom is 0.216 e. The maximum atomic E-state index is 12.0. The second-order valence-corrected chi connectivity index (χ2v) is 4.30. The summed E-state index contributed by atoms with van der Waals surface area (Å²) < 4.78 is 7.33. The van der Waals surface area contributed by atoms with Crippen LogP contribution in [0.2, 0.25) is 0 Å². The number of hydrogen-bond donors (Lipinski definition) is 1. The molecule has 0 spiro atoms. The average molecular weight is 259 g/mol. The van der Waals surface area contributed by atoms with E-state index in [-0.39, 0.29) is 19.0 Å². The molecule has 0 aliphatic rings. The summed E-state index contributed by atoms with van der Waals surface area (Å²) >= 11 is 0. The van der Waals surface area contributed by atoms with Gasteiger partial charge in [-0.2, -0.15) is 0 Å². The number of carbonyl (C=O) groups excluding carboxylic acids is 1. The van der Waals surface area contributed by atoms with Crippen LogP contribution in [0.3, 0.4) is 0 Å². The van der Waals surface area contributed by atoms with Crippen LogP contribution in [-0.2, 0) is 13.5 Å². The third kappa shape index (κ3) is 3.23. The monoisotopic (exact) mass is 259 g/mol. The fraction of sp³-hybridized carbons (Fsp3) is 0.267. The van der Waals surface area contributed by atoms with Crippen molar-refractivity contribution in [3.8, 4) is 5.75 Å². The number of aliphatic hydroxyl groups excluding tert-OH is 1. The van der Waals surface area contributed by atoms with E-state index in [2.05, 4.69) is 0 Å². The molecule has 2 rings (SSSR count). The summed E-state index contributed by atoms with van der Waals surface area (Å²) in [4.78, 5) is 12.0. The van der Waals surface area contributed by atoms with Crippen molar-refractivity contribution in [2.24, 2.45) is 7.05 Å². The Morgan fingerprint density at radius 1 is 1.26 bits per heavy atom. The molecule has 100 valence electrons. The summed E-state index contributed by atoms with van der Waals surface area (Å²) in [5, 5.41) is 8.98. The number of rotatable bonds is 6. The number of benzene rings is 1. The predicted octanol–water partition coefficient (Wildman–Crippen LogP) is 1.82. The lowest BCUT2D eigenvalue weighted by Gasteiger charge is -2.10. The van der Waals surface area contributed by atoms with E-state index in [0.29, 0.717) is 17.9 Å². The summed E-state index contributed by atoms with van der Waals surface area (Å²) in [6, 6.07) is 11.0. The van der Waals surface area contributed by atoms with E-state index in [0.717, 1.165) is 5.56 Å². The smallest absolute Gasteiger partial charge is 0.216 e. The van der Waals surface area contributed by atoms with Crippen LogP contribution in [0.15, 0.2) is 42.6 Å². The number of nitrogens with zero attached hydrogens (tertiary/aromatic N) is 1. The van der Waals surface area contributed by atoms with Crippen LogP contribution >= 0.6 is 0 Å². The Bertz CT molecular complexity index is 560. The zero-order valence-electron chi connectivity index (χ0n) is 10.9. The van der Waals surface area contributed by atoms with Gasteiger partial charge < -0.3 is 14.4 Å². The van der Waals surface area contributed by atoms with E-state index in [1.165, 1.54) is 0 Å². The normalized spacial score (nSPS) is 10.4. The molecular weight excluding hydrogens is 242 g/mol. The Balaban J connectivity index is 2.03. The SMILES string of the molecule is Cn1cccc1C(=O)COc1ccccc1CCO. The number of aryl methyl sites for hydroxylation is 1. The van der Waals surface area contributed by atoms with Crippen molar-refractivity contribution in [1.82, 2.24) is 4.57 Å². The van der Waals surface area contributed by atoms with Crippen LogP contribution in [0.25, 0.3) is 0 Å². The number of para-hydroxylation sites is 1. The average Bonchev–Trinajstić information content (AvgIpc) is 2.84. The molecule has 2 aromatic rings. The van der Waals surface area contributed by atoms with Gasteiger partial charge in [-0.1, -0.05) is 18.2 Å². The number of aliphatic hydroxyl groups is 1. The molecule has 4 heteroatoms. The van der Waals surface area contributed by atoms with Gasteiger partial charge in [-0.15, -0.1) is 0 Å². The summed E-state index contributed by atoms with van der Waals surface area (Å²) in [5.41, 5.74) is 1.53. The van der Waals surface area contributed by atoms with E-state index in [9.17, 15) is 4.79 Å². The molecule has 19 heavy (non-hydrogen) atoms. The van der Waals surface area contributed by atoms with Gasteiger partial charge in [-0.05, 0) is 30.2 Å². The standard InChI is InChI=1S/C15H17NO3/c1-16-9-4-6-13(16)14(18)11-19-15-7-3-2-5-12(15)8-10-17/h2-7,9,17H,8,10-11H2,1H3. The van der Waals surface area contributed by atoms with E-state index < -0.39 is 0 Å². The number of ether oxygens (including phenoxy) is 1. The summed E-state index contributed by atoms with van der Waals surface area (Å²) in [6.07, 6.45) is 2.35. The minimum absolute atomic E-state index is 0.000293. The second-order valence-electron chi connectivity index (χ2n) is 4.30. The van der Waals surface area contributed by atoms with Gasteiger partial charge in [0.2, 0.25) is 5.78 Å². The number of hydrogen-bond acceptors (Lipinski definition) is 3. The minimum atomic E-state index is -0.0636. The third-order valence-corrected chi connectivity index (χ3v) is 2.94. The summed E-state index contributed by atoms with van der Waals surface area (Å²) in [7, 11) is 1.83. The molecule has 1 N–H and O–H groups in total. The Morgan fingerprint density at radius 2 is 2.05 bits per heavy atom. The van der Waals surface area contributed by atoms with E-state index in [1.807, 2.05) is 43.6 Å². The van der Waals surface area contributed by atoms with Gasteiger partial charge in [0, 0.05) is 19.9 Å². The van der Waals surface area contributed by atoms with Crippen LogP contribution in [0, 0.1) is 0 Å². The van der Waals surface area contributed by atoms with Gasteiger partial charge in [-0.3, -0.25) is 4.79 Å². The molecule has 0 bridgehead atoms. The predicted molar refractivity (Wildman–Crippen MR) is 72.5 cm³/mol. The molecule has 0 atom stereocenters. The maximum absolute atomic E-state index is 12.0. The van der Waals surface area contributed by atoms with Gasteiger partial charge in [0.05, 0.1) is 5.69 Å². The number of ketones is 1. The van der Waals surface area contributed by atoms with Gasteiger partial charge in [-0.25, -0.2) is 0 Å². The lowest BCUT2D eigenvalue weighted by Crippen LogP contribution is -2.15. The van der Waals surface area contributed by atoms with E-state index in [1.54, 1.807) is 10.6 Å². The molecule has 1 aromatic heterocycles. The fourth-order valence-electron chi connectivity index (χ4n) is 1.94. The van der Waals surface area contributed by atoms with Crippen molar-refractivity contribution in [2.75, 3.05) is 13.2 Å². The lowest BCUT2D eigenvalue weighted by molar-refractivity contribution is 0.0912. The molecule has 0 radical (unpaired) electrons. The number of Topliss-reactive ketones (excluding diaryl/α,β-unsaturated/α-hetero) is 1. The van der Waals surface area contributed by atoms with Gasteiger partial charge in [0.15, 0.2) is 6.61 Å². The zero-order chi connectivity index (χ0) is 13.7. The first kappa shape index (κ1) is 13.4. The highest BCUT2D eigenvalue weighted by atomic mass is 16.5. The molecule has 1 aromatic carbocycles. The van der Waals surface area contributed by atoms with Gasteiger partial charge >= 0.3 is 0 Å². The number of carbonyl (C=O) groups is 1. The Labute approximate surface area is 112 Å². The Kier molecular flexibility index (Phi) is 4.36. The molecular formula is C15H17NO3. The quantitative estimate of drug-likeness (QED) is 0.805. The molecule has 0 amide bonds. The van der Waals surface area contributed by atoms with Crippen molar-refractivity contribution in [3.63, 3.8) is 0 Å². The van der Waals surface area contributed by atoms with Crippen molar-refractivity contribution in [2.45, 2.75) is 6.42 Å². The Morgan fingerprint density at radius 3 is 2.74 bits per heavy atom. The van der Waals surface area contributed by atoms with Crippen LogP contribution in [0.5, 0.6) is 5.75 Å². The van der Waals surface area contributed by atoms with Gasteiger partial charge in [0.1, 0.15) is 5.75 Å². The zero-order valence-corrected chi connectivity index (χ0v) is 10.9. The molecule has 0 aliphatic heterocycles. The molecule has 0 saturated heterocycles. The van der Waals surface area contributed by atoms with E-state index >= 15 is 0 Å². The minimum Gasteiger partial charge on any atom is -0.485 e. The Hall–Kier alpha value is -2.07. The van der Waals surface area contributed by atoms with E-state index in [4.69, 9.17) is 9.84 Å². The molecule has 1 heterocycles. The first-order chi connectivity index (χ1) is 9.22. The summed E-state index contributed by atoms with van der Waals surface area (Å²) in [5.74, 6) is 0.588.